The smallest absolute Gasteiger partial charge is 0.0560 e. The molecule has 0 aromatic carbocycles. The van der Waals surface area contributed by atoms with Gasteiger partial charge in [0.2, 0.25) is 0 Å². The van der Waals surface area contributed by atoms with Crippen molar-refractivity contribution in [2.75, 3.05) is 6.61 Å². The van der Waals surface area contributed by atoms with E-state index in [0.29, 0.717) is 6.61 Å². The zero-order valence-electron chi connectivity index (χ0n) is 14.7. The Labute approximate surface area is 128 Å². The topological polar surface area (TPSA) is 40.5 Å². The largest absolute Gasteiger partial charge is 0.396 e. The fraction of sp³-hybridized carbons (Fsp3) is 1.00. The zero-order valence-corrected chi connectivity index (χ0v) is 14.7. The molecule has 0 amide bonds. The third-order valence-electron chi connectivity index (χ3n) is 3.76. The van der Waals surface area contributed by atoms with Crippen LogP contribution in [0, 0.1) is 5.41 Å². The van der Waals surface area contributed by atoms with Crippen molar-refractivity contribution in [1.29, 1.82) is 0 Å². The zero-order chi connectivity index (χ0) is 15.9. The van der Waals surface area contributed by atoms with Crippen molar-refractivity contribution in [3.8, 4) is 0 Å². The molecular formula is C18H40O2. The summed E-state index contributed by atoms with van der Waals surface area (Å²) in [6.07, 6.45) is 13.1. The predicted molar refractivity (Wildman–Crippen MR) is 90.1 cm³/mol. The monoisotopic (exact) mass is 288 g/mol. The second kappa shape index (κ2) is 15.3. The van der Waals surface area contributed by atoms with Crippen LogP contribution in [0.25, 0.3) is 0 Å². The van der Waals surface area contributed by atoms with E-state index in [0.717, 1.165) is 6.42 Å². The molecule has 0 aromatic heterocycles. The maximum Gasteiger partial charge on any atom is 0.0560 e. The van der Waals surface area contributed by atoms with Crippen LogP contribution >= 0.6 is 0 Å². The van der Waals surface area contributed by atoms with E-state index in [-0.39, 0.29) is 11.5 Å². The summed E-state index contributed by atoms with van der Waals surface area (Å²) in [6, 6.07) is 0. The Hall–Kier alpha value is -0.0800. The molecule has 0 saturated carbocycles. The summed E-state index contributed by atoms with van der Waals surface area (Å²) in [4.78, 5) is 0. The van der Waals surface area contributed by atoms with Gasteiger partial charge in [-0.15, -0.1) is 0 Å². The number of unbranched alkanes of at least 4 members (excludes halogenated alkanes) is 9. The Kier molecular flexibility index (Phi) is 17.0. The maximum absolute atomic E-state index is 8.89. The number of aliphatic hydroxyl groups is 2. The first-order valence-electron chi connectivity index (χ1n) is 8.65. The van der Waals surface area contributed by atoms with Gasteiger partial charge in [-0.3, -0.25) is 0 Å². The second-order valence-corrected chi connectivity index (χ2v) is 6.95. The normalized spacial score (nSPS) is 12.8. The molecule has 0 aliphatic rings. The van der Waals surface area contributed by atoms with Gasteiger partial charge in [0, 0.05) is 6.61 Å². The third-order valence-corrected chi connectivity index (χ3v) is 3.76. The minimum absolute atomic E-state index is 0.0556. The Morgan fingerprint density at radius 3 is 1.30 bits per heavy atom. The fourth-order valence-electron chi connectivity index (χ4n) is 1.60. The molecule has 1 atom stereocenters. The summed E-state index contributed by atoms with van der Waals surface area (Å²) in [6.45, 7) is 10.5. The molecule has 0 spiro atoms. The summed E-state index contributed by atoms with van der Waals surface area (Å²) in [5.41, 5.74) is 0.0556. The lowest BCUT2D eigenvalue weighted by atomic mass is 9.91. The van der Waals surface area contributed by atoms with E-state index in [9.17, 15) is 0 Å². The molecule has 20 heavy (non-hydrogen) atoms. The summed E-state index contributed by atoms with van der Waals surface area (Å²) in [5.74, 6) is 0. The van der Waals surface area contributed by atoms with Crippen molar-refractivity contribution in [1.82, 2.24) is 0 Å². The minimum atomic E-state index is -0.201. The molecular weight excluding hydrogens is 248 g/mol. The Balaban J connectivity index is 0. The average Bonchev–Trinajstić information content (AvgIpc) is 2.36. The highest BCUT2D eigenvalue weighted by Gasteiger charge is 2.15. The van der Waals surface area contributed by atoms with Gasteiger partial charge >= 0.3 is 0 Å². The highest BCUT2D eigenvalue weighted by atomic mass is 16.3. The van der Waals surface area contributed by atoms with E-state index >= 15 is 0 Å². The molecule has 0 rings (SSSR count). The van der Waals surface area contributed by atoms with Crippen LogP contribution < -0.4 is 0 Å². The second-order valence-electron chi connectivity index (χ2n) is 6.95. The Morgan fingerprint density at radius 1 is 0.750 bits per heavy atom. The van der Waals surface area contributed by atoms with Crippen LogP contribution in [0.3, 0.4) is 0 Å². The van der Waals surface area contributed by atoms with E-state index in [1.807, 2.05) is 20.8 Å². The number of aliphatic hydroxyl groups excluding tert-OH is 2. The van der Waals surface area contributed by atoms with E-state index in [1.54, 1.807) is 6.92 Å². The number of hydrogen-bond donors (Lipinski definition) is 2. The van der Waals surface area contributed by atoms with Gasteiger partial charge in [-0.1, -0.05) is 85.5 Å². The molecule has 0 radical (unpaired) electrons. The van der Waals surface area contributed by atoms with Crippen molar-refractivity contribution in [3.63, 3.8) is 0 Å². The molecule has 2 heteroatoms. The minimum Gasteiger partial charge on any atom is -0.396 e. The Morgan fingerprint density at radius 2 is 1.05 bits per heavy atom. The molecule has 0 bridgehead atoms. The summed E-state index contributed by atoms with van der Waals surface area (Å²) in [5, 5.41) is 17.5. The number of rotatable bonds is 10. The highest BCUT2D eigenvalue weighted by molar-refractivity contribution is 4.66. The van der Waals surface area contributed by atoms with Crippen molar-refractivity contribution in [3.05, 3.63) is 0 Å². The number of hydrogen-bond acceptors (Lipinski definition) is 2. The van der Waals surface area contributed by atoms with Crippen LogP contribution in [0.1, 0.15) is 98.8 Å². The molecule has 124 valence electrons. The first-order chi connectivity index (χ1) is 9.36. The maximum atomic E-state index is 8.89. The van der Waals surface area contributed by atoms with Gasteiger partial charge < -0.3 is 10.2 Å². The molecule has 0 fully saturated rings. The van der Waals surface area contributed by atoms with E-state index in [4.69, 9.17) is 10.2 Å². The van der Waals surface area contributed by atoms with Crippen LogP contribution in [-0.2, 0) is 0 Å². The van der Waals surface area contributed by atoms with Crippen LogP contribution in [0.5, 0.6) is 0 Å². The van der Waals surface area contributed by atoms with Crippen LogP contribution in [-0.4, -0.2) is 22.9 Å². The van der Waals surface area contributed by atoms with Gasteiger partial charge in [-0.25, -0.2) is 0 Å². The molecule has 2 nitrogen and oxygen atoms in total. The lowest BCUT2D eigenvalue weighted by molar-refractivity contribution is 0.0801. The lowest BCUT2D eigenvalue weighted by Gasteiger charge is -2.21. The van der Waals surface area contributed by atoms with Crippen LogP contribution in [0.2, 0.25) is 0 Å². The molecule has 2 N–H and O–H groups in total. The van der Waals surface area contributed by atoms with Gasteiger partial charge in [-0.2, -0.15) is 0 Å². The fourth-order valence-corrected chi connectivity index (χ4v) is 1.60. The molecule has 0 heterocycles. The third kappa shape index (κ3) is 20.2. The molecule has 0 aliphatic carbocycles. The van der Waals surface area contributed by atoms with Gasteiger partial charge in [0.05, 0.1) is 6.10 Å². The van der Waals surface area contributed by atoms with E-state index in [2.05, 4.69) is 6.92 Å². The Bertz CT molecular complexity index is 161. The first-order valence-corrected chi connectivity index (χ1v) is 8.65. The van der Waals surface area contributed by atoms with Crippen LogP contribution in [0.15, 0.2) is 0 Å². The molecule has 1 unspecified atom stereocenters. The van der Waals surface area contributed by atoms with E-state index < -0.39 is 0 Å². The summed E-state index contributed by atoms with van der Waals surface area (Å²) >= 11 is 0. The summed E-state index contributed by atoms with van der Waals surface area (Å²) < 4.78 is 0. The van der Waals surface area contributed by atoms with Gasteiger partial charge in [0.25, 0.3) is 0 Å². The van der Waals surface area contributed by atoms with Gasteiger partial charge in [-0.05, 0) is 18.8 Å². The first kappa shape index (κ1) is 22.2. The quantitative estimate of drug-likeness (QED) is 0.535. The van der Waals surface area contributed by atoms with Crippen molar-refractivity contribution in [2.45, 2.75) is 105 Å². The van der Waals surface area contributed by atoms with Crippen molar-refractivity contribution in [2.24, 2.45) is 5.41 Å². The predicted octanol–water partition coefficient (Wildman–Crippen LogP) is 5.31. The van der Waals surface area contributed by atoms with Gasteiger partial charge in [0.1, 0.15) is 0 Å². The standard InChI is InChI=1S/C12H26O.C6H14O/c1-2-3-4-5-6-7-8-9-10-11-12-13;1-5(7)6(2,3)4/h13H,2-12H2,1H3;5,7H,1-4H3. The molecule has 0 aliphatic heterocycles. The van der Waals surface area contributed by atoms with Crippen molar-refractivity contribution >= 4 is 0 Å². The highest BCUT2D eigenvalue weighted by Crippen LogP contribution is 2.17. The van der Waals surface area contributed by atoms with E-state index in [1.165, 1.54) is 57.8 Å². The molecule has 0 saturated heterocycles. The lowest BCUT2D eigenvalue weighted by Crippen LogP contribution is -2.21. The van der Waals surface area contributed by atoms with Gasteiger partial charge in [0.15, 0.2) is 0 Å². The molecule has 0 aromatic rings. The average molecular weight is 289 g/mol. The summed E-state index contributed by atoms with van der Waals surface area (Å²) in [7, 11) is 0. The SMILES string of the molecule is CC(O)C(C)(C)C.CCCCCCCCCCCCO. The van der Waals surface area contributed by atoms with Crippen molar-refractivity contribution < 1.29 is 10.2 Å². The van der Waals surface area contributed by atoms with Crippen LogP contribution in [0.4, 0.5) is 0 Å².